The monoisotopic (exact) mass is 293 g/mol. The maximum absolute atomic E-state index is 11.6. The standard InChI is InChI=1S/C10H11N7O4/c11-16-15-10(2-18)5(19)1-6(21-10)17-4-14-7-8(17)12-3-13-9(7)20/h3-6,18-19H,1-2H2,(H,12,13,20)/t5-,6-,10+/m0/s1. The van der Waals surface area contributed by atoms with Gasteiger partial charge in [-0.15, -0.1) is 0 Å². The Morgan fingerprint density at radius 1 is 1.67 bits per heavy atom. The lowest BCUT2D eigenvalue weighted by Gasteiger charge is -2.24. The number of hydrogen-bond acceptors (Lipinski definition) is 7. The van der Waals surface area contributed by atoms with Crippen molar-refractivity contribution >= 4 is 11.2 Å². The quantitative estimate of drug-likeness (QED) is 0.388. The van der Waals surface area contributed by atoms with Gasteiger partial charge in [-0.1, -0.05) is 5.11 Å². The second-order valence-electron chi connectivity index (χ2n) is 4.57. The third-order valence-corrected chi connectivity index (χ3v) is 3.40. The molecule has 11 heteroatoms. The molecular formula is C10H11N7O4. The smallest absolute Gasteiger partial charge is 0.278 e. The largest absolute Gasteiger partial charge is 0.393 e. The first-order chi connectivity index (χ1) is 10.1. The van der Waals surface area contributed by atoms with E-state index in [0.717, 1.165) is 0 Å². The number of H-pyrrole nitrogens is 1. The first-order valence-corrected chi connectivity index (χ1v) is 6.04. The summed E-state index contributed by atoms with van der Waals surface area (Å²) in [7, 11) is 0. The topological polar surface area (TPSA) is 162 Å². The van der Waals surface area contributed by atoms with Crippen LogP contribution in [0.3, 0.4) is 0 Å². The van der Waals surface area contributed by atoms with E-state index in [2.05, 4.69) is 25.0 Å². The molecule has 0 aromatic carbocycles. The molecule has 11 nitrogen and oxygen atoms in total. The summed E-state index contributed by atoms with van der Waals surface area (Å²) in [4.78, 5) is 24.5. The Hall–Kier alpha value is -2.46. The van der Waals surface area contributed by atoms with Gasteiger partial charge in [-0.05, 0) is 5.53 Å². The average Bonchev–Trinajstić information content (AvgIpc) is 3.03. The third-order valence-electron chi connectivity index (χ3n) is 3.40. The van der Waals surface area contributed by atoms with Gasteiger partial charge in [0.25, 0.3) is 5.56 Å². The first kappa shape index (κ1) is 13.5. The van der Waals surface area contributed by atoms with Gasteiger partial charge in [-0.2, -0.15) is 0 Å². The Bertz CT molecular complexity index is 779. The second-order valence-corrected chi connectivity index (χ2v) is 4.57. The summed E-state index contributed by atoms with van der Waals surface area (Å²) >= 11 is 0. The van der Waals surface area contributed by atoms with Crippen LogP contribution in [0.5, 0.6) is 0 Å². The average molecular weight is 293 g/mol. The molecule has 21 heavy (non-hydrogen) atoms. The molecule has 3 N–H and O–H groups in total. The van der Waals surface area contributed by atoms with Crippen molar-refractivity contribution in [3.05, 3.63) is 33.5 Å². The summed E-state index contributed by atoms with van der Waals surface area (Å²) < 4.78 is 6.94. The molecule has 1 saturated heterocycles. The number of imidazole rings is 1. The molecule has 0 spiro atoms. The van der Waals surface area contributed by atoms with Gasteiger partial charge in [0.15, 0.2) is 16.9 Å². The molecule has 2 aromatic rings. The van der Waals surface area contributed by atoms with Crippen molar-refractivity contribution < 1.29 is 14.9 Å². The van der Waals surface area contributed by atoms with Crippen molar-refractivity contribution in [2.75, 3.05) is 6.61 Å². The number of ether oxygens (including phenoxy) is 1. The normalized spacial score (nSPS) is 28.7. The molecule has 0 saturated carbocycles. The fourth-order valence-electron chi connectivity index (χ4n) is 2.32. The summed E-state index contributed by atoms with van der Waals surface area (Å²) in [6.07, 6.45) is 0.661. The first-order valence-electron chi connectivity index (χ1n) is 6.04. The molecule has 0 unspecified atom stereocenters. The fourth-order valence-corrected chi connectivity index (χ4v) is 2.32. The molecule has 2 aromatic heterocycles. The summed E-state index contributed by atoms with van der Waals surface area (Å²) in [5.41, 5.74) is 6.78. The number of aromatic nitrogens is 4. The van der Waals surface area contributed by atoms with Gasteiger partial charge in [0.2, 0.25) is 0 Å². The van der Waals surface area contributed by atoms with E-state index in [-0.39, 0.29) is 17.6 Å². The van der Waals surface area contributed by atoms with Gasteiger partial charge in [-0.25, -0.2) is 9.97 Å². The molecule has 1 fully saturated rings. The molecule has 0 amide bonds. The van der Waals surface area contributed by atoms with E-state index in [1.165, 1.54) is 17.2 Å². The number of azide groups is 1. The van der Waals surface area contributed by atoms with Crippen LogP contribution in [0.2, 0.25) is 0 Å². The molecule has 0 radical (unpaired) electrons. The van der Waals surface area contributed by atoms with E-state index < -0.39 is 30.2 Å². The van der Waals surface area contributed by atoms with E-state index in [1.54, 1.807) is 0 Å². The maximum atomic E-state index is 11.6. The maximum Gasteiger partial charge on any atom is 0.278 e. The van der Waals surface area contributed by atoms with Gasteiger partial charge in [0.1, 0.15) is 6.23 Å². The van der Waals surface area contributed by atoms with Crippen molar-refractivity contribution in [1.29, 1.82) is 0 Å². The predicted octanol–water partition coefficient (Wildman–Crippen LogP) is -0.602. The van der Waals surface area contributed by atoms with Crippen LogP contribution < -0.4 is 5.56 Å². The molecular weight excluding hydrogens is 282 g/mol. The van der Waals surface area contributed by atoms with Crippen molar-refractivity contribution in [2.45, 2.75) is 24.5 Å². The molecule has 0 bridgehead atoms. The number of rotatable bonds is 3. The molecule has 3 heterocycles. The van der Waals surface area contributed by atoms with Crippen molar-refractivity contribution in [2.24, 2.45) is 5.11 Å². The summed E-state index contributed by atoms with van der Waals surface area (Å²) in [5, 5.41) is 22.7. The van der Waals surface area contributed by atoms with Crippen molar-refractivity contribution in [3.63, 3.8) is 0 Å². The van der Waals surface area contributed by atoms with Crippen LogP contribution in [-0.4, -0.2) is 48.2 Å². The zero-order valence-electron chi connectivity index (χ0n) is 10.6. The van der Waals surface area contributed by atoms with Crippen LogP contribution in [-0.2, 0) is 4.74 Å². The predicted molar refractivity (Wildman–Crippen MR) is 67.9 cm³/mol. The fraction of sp³-hybridized carbons (Fsp3) is 0.500. The van der Waals surface area contributed by atoms with Crippen LogP contribution in [0.15, 0.2) is 22.6 Å². The Balaban J connectivity index is 2.04. The SMILES string of the molecule is [N-]=[N+]=N[C@]1(CO)O[C@H](n2cnc3c(=O)[nH]cnc32)C[C@@H]1O. The Morgan fingerprint density at radius 3 is 3.19 bits per heavy atom. The van der Waals surface area contributed by atoms with Crippen LogP contribution in [0.25, 0.3) is 21.6 Å². The van der Waals surface area contributed by atoms with Gasteiger partial charge in [0.05, 0.1) is 25.4 Å². The van der Waals surface area contributed by atoms with Crippen molar-refractivity contribution in [3.8, 4) is 0 Å². The number of nitrogens with zero attached hydrogens (tertiary/aromatic N) is 6. The number of hydrogen-bond donors (Lipinski definition) is 3. The van der Waals surface area contributed by atoms with Crippen LogP contribution in [0.4, 0.5) is 0 Å². The molecule has 110 valence electrons. The van der Waals surface area contributed by atoms with Crippen molar-refractivity contribution in [1.82, 2.24) is 19.5 Å². The molecule has 3 atom stereocenters. The van der Waals surface area contributed by atoms with E-state index in [9.17, 15) is 15.0 Å². The third kappa shape index (κ3) is 1.96. The highest BCUT2D eigenvalue weighted by Gasteiger charge is 2.48. The number of aliphatic hydroxyl groups is 2. The number of aromatic amines is 1. The van der Waals surface area contributed by atoms with Gasteiger partial charge < -0.3 is 19.9 Å². The van der Waals surface area contributed by atoms with E-state index in [4.69, 9.17) is 10.3 Å². The van der Waals surface area contributed by atoms with E-state index in [1.807, 2.05) is 0 Å². The zero-order chi connectivity index (χ0) is 15.0. The lowest BCUT2D eigenvalue weighted by atomic mass is 10.1. The highest BCUT2D eigenvalue weighted by molar-refractivity contribution is 5.68. The lowest BCUT2D eigenvalue weighted by Crippen LogP contribution is -2.40. The molecule has 3 rings (SSSR count). The highest BCUT2D eigenvalue weighted by atomic mass is 16.6. The number of aliphatic hydroxyl groups excluding tert-OH is 2. The van der Waals surface area contributed by atoms with Gasteiger partial charge in [-0.3, -0.25) is 9.36 Å². The molecule has 1 aliphatic rings. The van der Waals surface area contributed by atoms with Crippen LogP contribution in [0, 0.1) is 0 Å². The Morgan fingerprint density at radius 2 is 2.48 bits per heavy atom. The summed E-state index contributed by atoms with van der Waals surface area (Å²) in [6, 6.07) is 0. The highest BCUT2D eigenvalue weighted by Crippen LogP contribution is 2.38. The Labute approximate surface area is 116 Å². The Kier molecular flexibility index (Phi) is 3.11. The molecule has 0 aliphatic carbocycles. The van der Waals surface area contributed by atoms with Crippen LogP contribution in [0.1, 0.15) is 12.6 Å². The minimum absolute atomic E-state index is 0.0551. The number of fused-ring (bicyclic) bond motifs is 1. The zero-order valence-corrected chi connectivity index (χ0v) is 10.6. The molecule has 1 aliphatic heterocycles. The van der Waals surface area contributed by atoms with Crippen LogP contribution >= 0.6 is 0 Å². The summed E-state index contributed by atoms with van der Waals surface area (Å²) in [6.45, 7) is -0.671. The van der Waals surface area contributed by atoms with Gasteiger partial charge >= 0.3 is 0 Å². The number of nitrogens with one attached hydrogen (secondary N) is 1. The van der Waals surface area contributed by atoms with Gasteiger partial charge in [0, 0.05) is 11.3 Å². The summed E-state index contributed by atoms with van der Waals surface area (Å²) in [5.74, 6) is 0. The minimum Gasteiger partial charge on any atom is -0.393 e. The lowest BCUT2D eigenvalue weighted by molar-refractivity contribution is -0.122. The minimum atomic E-state index is -1.75. The van der Waals surface area contributed by atoms with E-state index >= 15 is 0 Å². The van der Waals surface area contributed by atoms with E-state index in [0.29, 0.717) is 0 Å². The second kappa shape index (κ2) is 4.82.